The molecule has 0 aromatic carbocycles. The summed E-state index contributed by atoms with van der Waals surface area (Å²) in [6.07, 6.45) is -2.32. The zero-order valence-corrected chi connectivity index (χ0v) is 11.8. The lowest BCUT2D eigenvalue weighted by molar-refractivity contribution is -0.384. The summed E-state index contributed by atoms with van der Waals surface area (Å²) in [5.74, 6) is -1.61. The number of hydrogen-bond acceptors (Lipinski definition) is 7. The van der Waals surface area contributed by atoms with E-state index in [1.54, 1.807) is 0 Å². The number of aromatic nitrogens is 2. The zero-order chi connectivity index (χ0) is 19.9. The van der Waals surface area contributed by atoms with Crippen molar-refractivity contribution in [2.24, 2.45) is 0 Å². The predicted molar refractivity (Wildman–Crippen MR) is 75.3 cm³/mol. The molecule has 2 heterocycles. The number of carbonyl (C=O) groups is 1. The second-order valence-corrected chi connectivity index (χ2v) is 4.68. The molecular weight excluding hydrogens is 300 g/mol. The molecule has 0 radical (unpaired) electrons. The maximum atomic E-state index is 12.6. The van der Waals surface area contributed by atoms with Gasteiger partial charge in [-0.15, -0.1) is 0 Å². The van der Waals surface area contributed by atoms with E-state index in [9.17, 15) is 14.9 Å². The molecule has 114 valence electrons. The highest BCUT2D eigenvalue weighted by Gasteiger charge is 2.49. The van der Waals surface area contributed by atoms with Gasteiger partial charge in [0.15, 0.2) is 0 Å². The fraction of sp³-hybridized carbons (Fsp3) is 0.583. The number of anilines is 1. The molecule has 1 aromatic rings. The molecule has 1 atom stereocenters. The van der Waals surface area contributed by atoms with Crippen LogP contribution in [0, 0.1) is 10.1 Å². The average Bonchev–Trinajstić information content (AvgIpc) is 2.98. The molecule has 1 saturated heterocycles. The topological polar surface area (TPSA) is 98.5 Å². The SMILES string of the molecule is [2H]C([2H])([2H])C([2H])([2H])[C@@]1(C(=O)OC)CCCN1c1nc(Cl)ncc1[N+](=O)[O-]. The number of nitro groups is 1. The van der Waals surface area contributed by atoms with Gasteiger partial charge in [0.05, 0.1) is 12.0 Å². The van der Waals surface area contributed by atoms with Gasteiger partial charge in [-0.1, -0.05) is 6.85 Å². The lowest BCUT2D eigenvalue weighted by atomic mass is 9.93. The molecule has 1 fully saturated rings. The Hall–Kier alpha value is -1.96. The van der Waals surface area contributed by atoms with Crippen LogP contribution in [0.1, 0.15) is 32.9 Å². The number of ether oxygens (including phenoxy) is 1. The Morgan fingerprint density at radius 2 is 2.57 bits per heavy atom. The van der Waals surface area contributed by atoms with Gasteiger partial charge in [-0.3, -0.25) is 10.1 Å². The molecule has 2 rings (SSSR count). The summed E-state index contributed by atoms with van der Waals surface area (Å²) in [4.78, 5) is 31.3. The largest absolute Gasteiger partial charge is 0.467 e. The first-order valence-corrected chi connectivity index (χ1v) is 6.31. The summed E-state index contributed by atoms with van der Waals surface area (Å²) in [7, 11) is 0.984. The van der Waals surface area contributed by atoms with Crippen molar-refractivity contribution in [2.75, 3.05) is 18.6 Å². The lowest BCUT2D eigenvalue weighted by Crippen LogP contribution is -2.51. The summed E-state index contributed by atoms with van der Waals surface area (Å²) in [6, 6.07) is 0. The molecule has 0 aliphatic carbocycles. The van der Waals surface area contributed by atoms with E-state index in [-0.39, 0.29) is 24.7 Å². The van der Waals surface area contributed by atoms with E-state index in [4.69, 9.17) is 18.5 Å². The molecule has 8 nitrogen and oxygen atoms in total. The Balaban J connectivity index is 2.78. The highest BCUT2D eigenvalue weighted by Crippen LogP contribution is 2.40. The molecule has 9 heteroatoms. The van der Waals surface area contributed by atoms with E-state index in [2.05, 4.69) is 14.7 Å². The van der Waals surface area contributed by atoms with Crippen LogP contribution in [0.5, 0.6) is 0 Å². The summed E-state index contributed by atoms with van der Waals surface area (Å²) in [6.45, 7) is -3.27. The first kappa shape index (κ1) is 9.88. The quantitative estimate of drug-likeness (QED) is 0.362. The molecule has 1 aliphatic heterocycles. The Morgan fingerprint density at radius 3 is 3.19 bits per heavy atom. The van der Waals surface area contributed by atoms with Crippen LogP contribution in [-0.2, 0) is 9.53 Å². The molecule has 0 bridgehead atoms. The van der Waals surface area contributed by atoms with Crippen molar-refractivity contribution in [1.29, 1.82) is 0 Å². The molecule has 0 N–H and O–H groups in total. The van der Waals surface area contributed by atoms with Crippen LogP contribution in [-0.4, -0.2) is 40.1 Å². The molecule has 1 aromatic heterocycles. The summed E-state index contributed by atoms with van der Waals surface area (Å²) < 4.78 is 43.7. The van der Waals surface area contributed by atoms with Gasteiger partial charge in [0.2, 0.25) is 11.1 Å². The highest BCUT2D eigenvalue weighted by molar-refractivity contribution is 6.28. The van der Waals surface area contributed by atoms with Crippen molar-refractivity contribution in [3.05, 3.63) is 21.6 Å². The lowest BCUT2D eigenvalue weighted by Gasteiger charge is -2.35. The van der Waals surface area contributed by atoms with Crippen molar-refractivity contribution in [2.45, 2.75) is 31.6 Å². The minimum absolute atomic E-state index is 0.0567. The van der Waals surface area contributed by atoms with Gasteiger partial charge in [-0.25, -0.2) is 9.78 Å². The molecule has 1 aliphatic rings. The fourth-order valence-corrected chi connectivity index (χ4v) is 2.47. The Bertz CT molecular complexity index is 747. The monoisotopic (exact) mass is 319 g/mol. The second kappa shape index (κ2) is 5.80. The predicted octanol–water partition coefficient (Wildman–Crippen LogP) is 1.96. The van der Waals surface area contributed by atoms with Crippen LogP contribution in [0.15, 0.2) is 6.20 Å². The highest BCUT2D eigenvalue weighted by atomic mass is 35.5. The standard InChI is InChI=1S/C12H15ClN4O4/c1-3-12(10(18)21-2)5-4-6-16(12)9-8(17(19)20)7-14-11(13)15-9/h7H,3-6H2,1-2H3/t12-/m0/s1/i1D3,3D2. The van der Waals surface area contributed by atoms with Gasteiger partial charge in [-0.2, -0.15) is 4.98 Å². The maximum Gasteiger partial charge on any atom is 0.331 e. The second-order valence-electron chi connectivity index (χ2n) is 4.34. The van der Waals surface area contributed by atoms with Gasteiger partial charge in [0.25, 0.3) is 0 Å². The van der Waals surface area contributed by atoms with Crippen LogP contribution >= 0.6 is 11.6 Å². The Morgan fingerprint density at radius 1 is 1.81 bits per heavy atom. The number of hydrogen-bond donors (Lipinski definition) is 0. The van der Waals surface area contributed by atoms with E-state index in [1.165, 1.54) is 0 Å². The van der Waals surface area contributed by atoms with Crippen LogP contribution in [0.2, 0.25) is 5.28 Å². The smallest absolute Gasteiger partial charge is 0.331 e. The number of carbonyl (C=O) groups excluding carboxylic acids is 1. The zero-order valence-electron chi connectivity index (χ0n) is 16.0. The van der Waals surface area contributed by atoms with Gasteiger partial charge in [0.1, 0.15) is 11.7 Å². The van der Waals surface area contributed by atoms with E-state index >= 15 is 0 Å². The number of methoxy groups -OCH3 is 1. The number of halogens is 1. The normalized spacial score (nSPS) is 26.2. The molecule has 21 heavy (non-hydrogen) atoms. The first-order chi connectivity index (χ1) is 11.9. The fourth-order valence-electron chi connectivity index (χ4n) is 2.34. The van der Waals surface area contributed by atoms with Gasteiger partial charge in [-0.05, 0) is 30.8 Å². The number of rotatable bonds is 4. The maximum absolute atomic E-state index is 12.6. The minimum atomic E-state index is -3.21. The van der Waals surface area contributed by atoms with Crippen molar-refractivity contribution in [3.8, 4) is 0 Å². The van der Waals surface area contributed by atoms with E-state index in [0.29, 0.717) is 0 Å². The van der Waals surface area contributed by atoms with E-state index < -0.39 is 41.2 Å². The number of esters is 1. The van der Waals surface area contributed by atoms with Gasteiger partial charge in [0, 0.05) is 13.4 Å². The van der Waals surface area contributed by atoms with E-state index in [1.807, 2.05) is 0 Å². The molecule has 0 unspecified atom stereocenters. The van der Waals surface area contributed by atoms with Gasteiger partial charge < -0.3 is 9.64 Å². The molecule has 0 spiro atoms. The summed E-state index contributed by atoms with van der Waals surface area (Å²) in [5.41, 5.74) is -2.97. The van der Waals surface area contributed by atoms with Crippen LogP contribution in [0.3, 0.4) is 0 Å². The first-order valence-electron chi connectivity index (χ1n) is 8.43. The average molecular weight is 320 g/mol. The van der Waals surface area contributed by atoms with Crippen molar-refractivity contribution < 1.29 is 21.3 Å². The van der Waals surface area contributed by atoms with E-state index in [0.717, 1.165) is 18.2 Å². The minimum Gasteiger partial charge on any atom is -0.467 e. The Kier molecular flexibility index (Phi) is 2.73. The van der Waals surface area contributed by atoms with Crippen LogP contribution < -0.4 is 4.90 Å². The van der Waals surface area contributed by atoms with Gasteiger partial charge >= 0.3 is 11.7 Å². The van der Waals surface area contributed by atoms with Crippen molar-refractivity contribution in [3.63, 3.8) is 0 Å². The van der Waals surface area contributed by atoms with Crippen molar-refractivity contribution in [1.82, 2.24) is 9.97 Å². The third-order valence-electron chi connectivity index (χ3n) is 3.28. The summed E-state index contributed by atoms with van der Waals surface area (Å²) in [5, 5.41) is 11.0. The molecular formula is C12H15ClN4O4. The van der Waals surface area contributed by atoms with Crippen LogP contribution in [0.4, 0.5) is 11.5 Å². The third-order valence-corrected chi connectivity index (χ3v) is 3.47. The number of nitrogens with zero attached hydrogens (tertiary/aromatic N) is 4. The summed E-state index contributed by atoms with van der Waals surface area (Å²) >= 11 is 5.72. The molecule has 0 saturated carbocycles. The Labute approximate surface area is 133 Å². The third kappa shape index (κ3) is 2.51. The van der Waals surface area contributed by atoms with Crippen molar-refractivity contribution >= 4 is 29.1 Å². The molecule has 0 amide bonds. The van der Waals surface area contributed by atoms with Crippen LogP contribution in [0.25, 0.3) is 0 Å².